The SMILES string of the molecule is CCCc1nn(C)c2c1[nH]c(=S)n2CCCSC. The maximum Gasteiger partial charge on any atom is 0.179 e. The van der Waals surface area contributed by atoms with Crippen LogP contribution in [0.2, 0.25) is 0 Å². The number of H-pyrrole nitrogens is 1. The van der Waals surface area contributed by atoms with E-state index in [1.165, 1.54) is 0 Å². The minimum absolute atomic E-state index is 0.816. The van der Waals surface area contributed by atoms with Crippen molar-refractivity contribution in [1.82, 2.24) is 19.3 Å². The highest BCUT2D eigenvalue weighted by Crippen LogP contribution is 2.19. The van der Waals surface area contributed by atoms with E-state index in [9.17, 15) is 0 Å². The molecule has 0 fully saturated rings. The Morgan fingerprint density at radius 2 is 2.22 bits per heavy atom. The number of aromatic amines is 1. The number of aromatic nitrogens is 4. The molecule has 0 spiro atoms. The second-order valence-corrected chi connectivity index (χ2v) is 5.82. The molecule has 0 aromatic carbocycles. The van der Waals surface area contributed by atoms with Gasteiger partial charge in [0, 0.05) is 13.6 Å². The van der Waals surface area contributed by atoms with Gasteiger partial charge in [0.15, 0.2) is 10.4 Å². The Morgan fingerprint density at radius 3 is 2.89 bits per heavy atom. The van der Waals surface area contributed by atoms with Gasteiger partial charge in [0.2, 0.25) is 0 Å². The summed E-state index contributed by atoms with van der Waals surface area (Å²) in [5.74, 6) is 1.16. The summed E-state index contributed by atoms with van der Waals surface area (Å²) in [7, 11) is 2.00. The van der Waals surface area contributed by atoms with Gasteiger partial charge in [-0.05, 0) is 37.1 Å². The number of fused-ring (bicyclic) bond motifs is 1. The highest BCUT2D eigenvalue weighted by molar-refractivity contribution is 7.98. The zero-order valence-corrected chi connectivity index (χ0v) is 12.8. The van der Waals surface area contributed by atoms with Gasteiger partial charge >= 0.3 is 0 Å². The van der Waals surface area contributed by atoms with E-state index in [0.717, 1.165) is 53.2 Å². The van der Waals surface area contributed by atoms with Crippen molar-refractivity contribution >= 4 is 35.1 Å². The van der Waals surface area contributed by atoms with Crippen LogP contribution in [0.25, 0.3) is 11.2 Å². The lowest BCUT2D eigenvalue weighted by Crippen LogP contribution is -2.04. The predicted octanol–water partition coefficient (Wildman–Crippen LogP) is 3.14. The van der Waals surface area contributed by atoms with Crippen LogP contribution < -0.4 is 0 Å². The molecule has 0 atom stereocenters. The van der Waals surface area contributed by atoms with Crippen LogP contribution in [0.4, 0.5) is 0 Å². The van der Waals surface area contributed by atoms with E-state index in [2.05, 4.69) is 27.8 Å². The first-order valence-electron chi connectivity index (χ1n) is 6.32. The molecule has 1 N–H and O–H groups in total. The van der Waals surface area contributed by atoms with Crippen molar-refractivity contribution in [3.63, 3.8) is 0 Å². The zero-order chi connectivity index (χ0) is 13.1. The maximum absolute atomic E-state index is 5.42. The molecule has 0 aliphatic rings. The summed E-state index contributed by atoms with van der Waals surface area (Å²) >= 11 is 7.29. The van der Waals surface area contributed by atoms with Crippen LogP contribution in [0.1, 0.15) is 25.5 Å². The Morgan fingerprint density at radius 1 is 1.44 bits per heavy atom. The number of thioether (sulfide) groups is 1. The fraction of sp³-hybridized carbons (Fsp3) is 0.667. The number of rotatable bonds is 6. The lowest BCUT2D eigenvalue weighted by molar-refractivity contribution is 0.653. The van der Waals surface area contributed by atoms with Crippen molar-refractivity contribution in [2.24, 2.45) is 7.05 Å². The van der Waals surface area contributed by atoms with Crippen molar-refractivity contribution in [2.75, 3.05) is 12.0 Å². The number of nitrogens with one attached hydrogen (secondary N) is 1. The molecule has 0 aliphatic carbocycles. The number of imidazole rings is 1. The molecule has 100 valence electrons. The van der Waals surface area contributed by atoms with Gasteiger partial charge in [-0.1, -0.05) is 13.3 Å². The van der Waals surface area contributed by atoms with Crippen LogP contribution in [0, 0.1) is 4.77 Å². The van der Waals surface area contributed by atoms with Gasteiger partial charge in [-0.15, -0.1) is 0 Å². The summed E-state index contributed by atoms with van der Waals surface area (Å²) in [6.07, 6.45) is 5.37. The van der Waals surface area contributed by atoms with Crippen molar-refractivity contribution in [2.45, 2.75) is 32.7 Å². The summed E-state index contributed by atoms with van der Waals surface area (Å²) in [6, 6.07) is 0. The molecule has 6 heteroatoms. The van der Waals surface area contributed by atoms with Crippen molar-refractivity contribution in [3.8, 4) is 0 Å². The molecule has 0 aliphatic heterocycles. The molecule has 2 rings (SSSR count). The molecule has 0 saturated heterocycles. The minimum Gasteiger partial charge on any atom is -0.328 e. The largest absolute Gasteiger partial charge is 0.328 e. The van der Waals surface area contributed by atoms with Gasteiger partial charge in [0.25, 0.3) is 0 Å². The van der Waals surface area contributed by atoms with Gasteiger partial charge in [0.1, 0.15) is 5.52 Å². The first-order valence-corrected chi connectivity index (χ1v) is 8.12. The van der Waals surface area contributed by atoms with Crippen LogP contribution in [0.3, 0.4) is 0 Å². The molecule has 0 radical (unpaired) electrons. The summed E-state index contributed by atoms with van der Waals surface area (Å²) in [6.45, 7) is 3.13. The van der Waals surface area contributed by atoms with E-state index in [1.54, 1.807) is 0 Å². The topological polar surface area (TPSA) is 38.5 Å². The normalized spacial score (nSPS) is 11.5. The first kappa shape index (κ1) is 13.7. The Balaban J connectivity index is 2.40. The van der Waals surface area contributed by atoms with Crippen LogP contribution >= 0.6 is 24.0 Å². The minimum atomic E-state index is 0.816. The number of nitrogens with zero attached hydrogens (tertiary/aromatic N) is 3. The van der Waals surface area contributed by atoms with E-state index in [1.807, 2.05) is 23.5 Å². The van der Waals surface area contributed by atoms with Gasteiger partial charge in [-0.2, -0.15) is 16.9 Å². The molecule has 2 heterocycles. The van der Waals surface area contributed by atoms with Gasteiger partial charge in [0.05, 0.1) is 5.69 Å². The third-order valence-electron chi connectivity index (χ3n) is 3.04. The molecule has 0 bridgehead atoms. The predicted molar refractivity (Wildman–Crippen MR) is 80.9 cm³/mol. The molecular weight excluding hydrogens is 264 g/mol. The third kappa shape index (κ3) is 2.49. The average Bonchev–Trinajstić information content (AvgIpc) is 2.80. The second kappa shape index (κ2) is 5.93. The standard InChI is InChI=1S/C12H20N4S2/c1-4-6-9-10-11(15(2)14-9)16(12(17)13-10)7-5-8-18-3/h4-8H2,1-3H3,(H,13,17). The summed E-state index contributed by atoms with van der Waals surface area (Å²) < 4.78 is 4.94. The summed E-state index contributed by atoms with van der Waals surface area (Å²) in [5, 5.41) is 4.58. The smallest absolute Gasteiger partial charge is 0.179 e. The van der Waals surface area contributed by atoms with Crippen LogP contribution in [-0.4, -0.2) is 31.3 Å². The molecule has 0 unspecified atom stereocenters. The number of hydrogen-bond acceptors (Lipinski definition) is 3. The Bertz CT molecular complexity index is 579. The summed E-state index contributed by atoms with van der Waals surface area (Å²) in [4.78, 5) is 3.32. The molecule has 2 aromatic heterocycles. The Hall–Kier alpha value is -0.750. The van der Waals surface area contributed by atoms with Crippen LogP contribution in [0.15, 0.2) is 0 Å². The first-order chi connectivity index (χ1) is 8.69. The van der Waals surface area contributed by atoms with Crippen molar-refractivity contribution in [3.05, 3.63) is 10.5 Å². The number of hydrogen-bond donors (Lipinski definition) is 1. The zero-order valence-electron chi connectivity index (χ0n) is 11.2. The Labute approximate surface area is 117 Å². The van der Waals surface area contributed by atoms with Crippen molar-refractivity contribution < 1.29 is 0 Å². The highest BCUT2D eigenvalue weighted by atomic mass is 32.2. The van der Waals surface area contributed by atoms with Crippen LogP contribution in [0.5, 0.6) is 0 Å². The van der Waals surface area contributed by atoms with Gasteiger partial charge < -0.3 is 9.55 Å². The molecule has 18 heavy (non-hydrogen) atoms. The molecule has 4 nitrogen and oxygen atoms in total. The van der Waals surface area contributed by atoms with E-state index in [0.29, 0.717) is 0 Å². The van der Waals surface area contributed by atoms with Gasteiger partial charge in [-0.25, -0.2) is 0 Å². The van der Waals surface area contributed by atoms with E-state index < -0.39 is 0 Å². The van der Waals surface area contributed by atoms with Gasteiger partial charge in [-0.3, -0.25) is 4.68 Å². The van der Waals surface area contributed by atoms with E-state index in [4.69, 9.17) is 12.2 Å². The molecule has 0 amide bonds. The molecule has 0 saturated carbocycles. The fourth-order valence-electron chi connectivity index (χ4n) is 2.26. The lowest BCUT2D eigenvalue weighted by Gasteiger charge is -2.03. The molecule has 2 aromatic rings. The molecular formula is C12H20N4S2. The highest BCUT2D eigenvalue weighted by Gasteiger charge is 2.14. The second-order valence-electron chi connectivity index (χ2n) is 4.45. The monoisotopic (exact) mass is 284 g/mol. The maximum atomic E-state index is 5.42. The summed E-state index contributed by atoms with van der Waals surface area (Å²) in [5.41, 5.74) is 3.38. The van der Waals surface area contributed by atoms with E-state index >= 15 is 0 Å². The quantitative estimate of drug-likeness (QED) is 0.654. The number of aryl methyl sites for hydroxylation is 3. The third-order valence-corrected chi connectivity index (χ3v) is 4.06. The average molecular weight is 284 g/mol. The van der Waals surface area contributed by atoms with Crippen LogP contribution in [-0.2, 0) is 20.0 Å². The Kier molecular flexibility index (Phi) is 4.50. The lowest BCUT2D eigenvalue weighted by atomic mass is 10.2. The fourth-order valence-corrected chi connectivity index (χ4v) is 2.96. The van der Waals surface area contributed by atoms with E-state index in [-0.39, 0.29) is 0 Å². The van der Waals surface area contributed by atoms with Crippen molar-refractivity contribution in [1.29, 1.82) is 0 Å².